The highest BCUT2D eigenvalue weighted by atomic mass is 16.3. The van der Waals surface area contributed by atoms with Crippen LogP contribution in [0.4, 0.5) is 0 Å². The summed E-state index contributed by atoms with van der Waals surface area (Å²) >= 11 is 0. The van der Waals surface area contributed by atoms with E-state index in [9.17, 15) is 5.11 Å². The Hall–Kier alpha value is -0.120. The molecule has 0 spiro atoms. The summed E-state index contributed by atoms with van der Waals surface area (Å²) in [6, 6.07) is 0. The van der Waals surface area contributed by atoms with Crippen molar-refractivity contribution in [3.63, 3.8) is 0 Å². The molecule has 15 heavy (non-hydrogen) atoms. The third-order valence-electron chi connectivity index (χ3n) is 3.99. The Morgan fingerprint density at radius 2 is 2.00 bits per heavy atom. The number of nitrogens with one attached hydrogen (secondary N) is 1. The quantitative estimate of drug-likeness (QED) is 0.707. The number of piperidine rings is 2. The second kappa shape index (κ2) is 5.28. The molecule has 0 aliphatic carbocycles. The van der Waals surface area contributed by atoms with Gasteiger partial charge in [0.15, 0.2) is 0 Å². The molecule has 3 nitrogen and oxygen atoms in total. The van der Waals surface area contributed by atoms with Crippen molar-refractivity contribution < 1.29 is 5.11 Å². The van der Waals surface area contributed by atoms with Crippen LogP contribution in [0.3, 0.4) is 0 Å². The molecule has 3 heteroatoms. The summed E-state index contributed by atoms with van der Waals surface area (Å²) in [4.78, 5) is 2.36. The van der Waals surface area contributed by atoms with Gasteiger partial charge in [-0.25, -0.2) is 0 Å². The number of hydrogen-bond donors (Lipinski definition) is 2. The lowest BCUT2D eigenvalue weighted by Gasteiger charge is -2.36. The minimum atomic E-state index is -0.0453. The number of aliphatic hydroxyl groups excluding tert-OH is 1. The van der Waals surface area contributed by atoms with Crippen LogP contribution >= 0.6 is 0 Å². The van der Waals surface area contributed by atoms with E-state index in [4.69, 9.17) is 0 Å². The Kier molecular flexibility index (Phi) is 4.00. The smallest absolute Gasteiger partial charge is 0.0592 e. The molecule has 2 aliphatic rings. The lowest BCUT2D eigenvalue weighted by Crippen LogP contribution is -2.42. The second-order valence-corrected chi connectivity index (χ2v) is 5.31. The predicted octanol–water partition coefficient (Wildman–Crippen LogP) is 0.689. The van der Waals surface area contributed by atoms with Gasteiger partial charge in [0, 0.05) is 13.1 Å². The van der Waals surface area contributed by atoms with Crippen LogP contribution in [0.2, 0.25) is 0 Å². The van der Waals surface area contributed by atoms with Gasteiger partial charge in [0.1, 0.15) is 0 Å². The van der Waals surface area contributed by atoms with Gasteiger partial charge in [-0.05, 0) is 57.7 Å². The minimum Gasteiger partial charge on any atom is -0.393 e. The van der Waals surface area contributed by atoms with E-state index in [1.165, 1.54) is 32.4 Å². The van der Waals surface area contributed by atoms with Gasteiger partial charge >= 0.3 is 0 Å². The predicted molar refractivity (Wildman–Crippen MR) is 61.8 cm³/mol. The zero-order valence-corrected chi connectivity index (χ0v) is 9.78. The number of rotatable bonds is 2. The lowest BCUT2D eigenvalue weighted by atomic mass is 9.82. The molecule has 2 fully saturated rings. The van der Waals surface area contributed by atoms with Gasteiger partial charge in [-0.1, -0.05) is 0 Å². The molecular formula is C12H24N2O. The van der Waals surface area contributed by atoms with E-state index >= 15 is 0 Å². The van der Waals surface area contributed by atoms with Crippen molar-refractivity contribution in [2.24, 2.45) is 11.8 Å². The SMILES string of the molecule is CN1CC[C@H](O)[C@H](CC2CCNCC2)C1. The molecule has 0 aromatic heterocycles. The average molecular weight is 212 g/mol. The molecule has 0 amide bonds. The van der Waals surface area contributed by atoms with Gasteiger partial charge in [-0.3, -0.25) is 0 Å². The number of aliphatic hydroxyl groups is 1. The van der Waals surface area contributed by atoms with Crippen LogP contribution < -0.4 is 5.32 Å². The molecule has 0 radical (unpaired) electrons. The highest BCUT2D eigenvalue weighted by Gasteiger charge is 2.28. The Balaban J connectivity index is 1.80. The first-order valence-electron chi connectivity index (χ1n) is 6.33. The van der Waals surface area contributed by atoms with Gasteiger partial charge in [-0.2, -0.15) is 0 Å². The fourth-order valence-electron chi connectivity index (χ4n) is 2.98. The molecule has 0 bridgehead atoms. The largest absolute Gasteiger partial charge is 0.393 e. The van der Waals surface area contributed by atoms with E-state index in [0.29, 0.717) is 5.92 Å². The molecule has 0 aromatic carbocycles. The van der Waals surface area contributed by atoms with Gasteiger partial charge in [0.25, 0.3) is 0 Å². The molecule has 2 rings (SSSR count). The first-order valence-corrected chi connectivity index (χ1v) is 6.33. The fraction of sp³-hybridized carbons (Fsp3) is 1.00. The number of nitrogens with zero attached hydrogens (tertiary/aromatic N) is 1. The van der Waals surface area contributed by atoms with Crippen molar-refractivity contribution >= 4 is 0 Å². The topological polar surface area (TPSA) is 35.5 Å². The summed E-state index contributed by atoms with van der Waals surface area (Å²) in [5.41, 5.74) is 0. The normalized spacial score (nSPS) is 35.6. The van der Waals surface area contributed by atoms with Crippen molar-refractivity contribution in [1.29, 1.82) is 0 Å². The van der Waals surface area contributed by atoms with Crippen LogP contribution in [0.1, 0.15) is 25.7 Å². The maximum absolute atomic E-state index is 9.98. The monoisotopic (exact) mass is 212 g/mol. The van der Waals surface area contributed by atoms with Crippen LogP contribution in [-0.4, -0.2) is 49.3 Å². The molecule has 0 saturated carbocycles. The Bertz CT molecular complexity index is 192. The summed E-state index contributed by atoms with van der Waals surface area (Å²) in [5.74, 6) is 1.37. The van der Waals surface area contributed by atoms with E-state index < -0.39 is 0 Å². The summed E-state index contributed by atoms with van der Waals surface area (Å²) in [6.07, 6.45) is 4.75. The van der Waals surface area contributed by atoms with E-state index in [2.05, 4.69) is 17.3 Å². The highest BCUT2D eigenvalue weighted by Crippen LogP contribution is 2.27. The van der Waals surface area contributed by atoms with Crippen molar-refractivity contribution in [3.05, 3.63) is 0 Å². The summed E-state index contributed by atoms with van der Waals surface area (Å²) in [6.45, 7) is 4.49. The van der Waals surface area contributed by atoms with Gasteiger partial charge in [0.05, 0.1) is 6.10 Å². The summed E-state index contributed by atoms with van der Waals surface area (Å²) in [5, 5.41) is 13.4. The highest BCUT2D eigenvalue weighted by molar-refractivity contribution is 4.82. The molecule has 0 unspecified atom stereocenters. The first-order chi connectivity index (χ1) is 7.25. The molecule has 2 aliphatic heterocycles. The van der Waals surface area contributed by atoms with Crippen LogP contribution in [0.25, 0.3) is 0 Å². The van der Waals surface area contributed by atoms with Crippen LogP contribution in [0, 0.1) is 11.8 Å². The van der Waals surface area contributed by atoms with Gasteiger partial charge < -0.3 is 15.3 Å². The minimum absolute atomic E-state index is 0.0453. The molecular weight excluding hydrogens is 188 g/mol. The molecule has 2 atom stereocenters. The standard InChI is InChI=1S/C12H24N2O/c1-14-7-4-12(15)11(9-14)8-10-2-5-13-6-3-10/h10-13,15H,2-9H2,1H3/t11-,12+/m1/s1. The first kappa shape index (κ1) is 11.4. The van der Waals surface area contributed by atoms with Crippen LogP contribution in [0.5, 0.6) is 0 Å². The third-order valence-corrected chi connectivity index (χ3v) is 3.99. The number of likely N-dealkylation sites (tertiary alicyclic amines) is 1. The van der Waals surface area contributed by atoms with E-state index in [-0.39, 0.29) is 6.10 Å². The Labute approximate surface area is 92.8 Å². The fourth-order valence-corrected chi connectivity index (χ4v) is 2.98. The van der Waals surface area contributed by atoms with Crippen LogP contribution in [0.15, 0.2) is 0 Å². The molecule has 2 saturated heterocycles. The number of hydrogen-bond acceptors (Lipinski definition) is 3. The summed E-state index contributed by atoms with van der Waals surface area (Å²) < 4.78 is 0. The van der Waals surface area contributed by atoms with E-state index in [1.807, 2.05) is 0 Å². The van der Waals surface area contributed by atoms with E-state index in [1.54, 1.807) is 0 Å². The summed E-state index contributed by atoms with van der Waals surface area (Å²) in [7, 11) is 2.17. The van der Waals surface area contributed by atoms with Gasteiger partial charge in [0.2, 0.25) is 0 Å². The molecule has 2 N–H and O–H groups in total. The Morgan fingerprint density at radius 3 is 2.73 bits per heavy atom. The maximum Gasteiger partial charge on any atom is 0.0592 e. The molecule has 2 heterocycles. The Morgan fingerprint density at radius 1 is 1.27 bits per heavy atom. The second-order valence-electron chi connectivity index (χ2n) is 5.31. The molecule has 0 aromatic rings. The average Bonchev–Trinajstić information content (AvgIpc) is 2.25. The van der Waals surface area contributed by atoms with Gasteiger partial charge in [-0.15, -0.1) is 0 Å². The lowest BCUT2D eigenvalue weighted by molar-refractivity contribution is 0.0223. The van der Waals surface area contributed by atoms with E-state index in [0.717, 1.165) is 25.4 Å². The van der Waals surface area contributed by atoms with Crippen molar-refractivity contribution in [2.75, 3.05) is 33.2 Å². The zero-order valence-electron chi connectivity index (χ0n) is 9.78. The maximum atomic E-state index is 9.98. The van der Waals surface area contributed by atoms with Crippen molar-refractivity contribution in [3.8, 4) is 0 Å². The third kappa shape index (κ3) is 3.16. The van der Waals surface area contributed by atoms with Crippen molar-refractivity contribution in [1.82, 2.24) is 10.2 Å². The molecule has 88 valence electrons. The van der Waals surface area contributed by atoms with Crippen LogP contribution in [-0.2, 0) is 0 Å². The zero-order chi connectivity index (χ0) is 10.7. The van der Waals surface area contributed by atoms with Crippen molar-refractivity contribution in [2.45, 2.75) is 31.8 Å².